The van der Waals surface area contributed by atoms with Gasteiger partial charge in [-0.05, 0) is 18.6 Å². The van der Waals surface area contributed by atoms with Gasteiger partial charge < -0.3 is 5.41 Å². The number of hydrogen-bond acceptors (Lipinski definition) is 1. The van der Waals surface area contributed by atoms with Crippen molar-refractivity contribution in [3.05, 3.63) is 0 Å². The number of hydrogen-bond donors (Lipinski definition) is 1. The molecule has 1 unspecified atom stereocenters. The normalized spacial score (nSPS) is 13.7. The van der Waals surface area contributed by atoms with E-state index in [1.54, 1.807) is 0 Å². The maximum atomic E-state index is 6.68. The van der Waals surface area contributed by atoms with E-state index in [2.05, 4.69) is 6.92 Å². The Kier molecular flexibility index (Phi) is 2.73. The van der Waals surface area contributed by atoms with Crippen molar-refractivity contribution in [3.8, 4) is 0 Å². The molecule has 0 heterocycles. The van der Waals surface area contributed by atoms with Crippen molar-refractivity contribution >= 4 is 6.21 Å². The van der Waals surface area contributed by atoms with Gasteiger partial charge in [-0.25, -0.2) is 0 Å². The van der Waals surface area contributed by atoms with Crippen LogP contribution in [0.15, 0.2) is 0 Å². The van der Waals surface area contributed by atoms with E-state index >= 15 is 0 Å². The molecule has 0 aromatic heterocycles. The minimum atomic E-state index is 0.477. The van der Waals surface area contributed by atoms with Crippen molar-refractivity contribution in [3.63, 3.8) is 0 Å². The first-order chi connectivity index (χ1) is 2.81. The van der Waals surface area contributed by atoms with Crippen LogP contribution in [0.1, 0.15) is 20.3 Å². The van der Waals surface area contributed by atoms with Gasteiger partial charge in [0.05, 0.1) is 0 Å². The van der Waals surface area contributed by atoms with Gasteiger partial charge in [-0.15, -0.1) is 0 Å². The first-order valence-corrected chi connectivity index (χ1v) is 2.31. The molecule has 0 bridgehead atoms. The van der Waals surface area contributed by atoms with E-state index < -0.39 is 0 Å². The molecule has 1 nitrogen and oxygen atoms in total. The molecule has 0 aliphatic rings. The van der Waals surface area contributed by atoms with Crippen molar-refractivity contribution in [1.29, 1.82) is 5.41 Å². The largest absolute Gasteiger partial charge is 0.313 e. The lowest BCUT2D eigenvalue weighted by molar-refractivity contribution is 0.751. The molecule has 0 aliphatic heterocycles. The van der Waals surface area contributed by atoms with E-state index in [-0.39, 0.29) is 0 Å². The summed E-state index contributed by atoms with van der Waals surface area (Å²) in [6, 6.07) is 0. The highest BCUT2D eigenvalue weighted by Crippen LogP contribution is 1.92. The summed E-state index contributed by atoms with van der Waals surface area (Å²) >= 11 is 0. The predicted molar refractivity (Wildman–Crippen MR) is 28.2 cm³/mol. The molecule has 1 heteroatoms. The predicted octanol–water partition coefficient (Wildman–Crippen LogP) is 1.68. The Morgan fingerprint density at radius 3 is 2.33 bits per heavy atom. The second-order valence-corrected chi connectivity index (χ2v) is 1.55. The zero-order valence-electron chi connectivity index (χ0n) is 4.36. The third-order valence-corrected chi connectivity index (χ3v) is 0.928. The number of rotatable bonds is 2. The second-order valence-electron chi connectivity index (χ2n) is 1.55. The Hall–Kier alpha value is -0.330. The first-order valence-electron chi connectivity index (χ1n) is 2.31. The van der Waals surface area contributed by atoms with Crippen LogP contribution in [0.5, 0.6) is 0 Å². The summed E-state index contributed by atoms with van der Waals surface area (Å²) in [7, 11) is 0. The van der Waals surface area contributed by atoms with Crippen LogP contribution in [-0.2, 0) is 0 Å². The molecule has 36 valence electrons. The van der Waals surface area contributed by atoms with Crippen molar-refractivity contribution in [2.45, 2.75) is 20.3 Å². The van der Waals surface area contributed by atoms with Crippen molar-refractivity contribution in [1.82, 2.24) is 0 Å². The molecule has 0 fully saturated rings. The standard InChI is InChI=1S/C5H11N/c1-3-5(2)4-6/h4-6H,3H2,1-2H3. The highest BCUT2D eigenvalue weighted by Gasteiger charge is 1.86. The van der Waals surface area contributed by atoms with Crippen LogP contribution in [0.3, 0.4) is 0 Å². The van der Waals surface area contributed by atoms with E-state index in [1.807, 2.05) is 6.92 Å². The topological polar surface area (TPSA) is 23.9 Å². The van der Waals surface area contributed by atoms with Gasteiger partial charge in [0, 0.05) is 0 Å². The summed E-state index contributed by atoms with van der Waals surface area (Å²) in [6.07, 6.45) is 2.56. The van der Waals surface area contributed by atoms with Gasteiger partial charge in [0.15, 0.2) is 0 Å². The maximum Gasteiger partial charge on any atom is -0.00196 e. The van der Waals surface area contributed by atoms with Crippen LogP contribution in [0.25, 0.3) is 0 Å². The highest BCUT2D eigenvalue weighted by molar-refractivity contribution is 5.55. The number of nitrogens with one attached hydrogen (secondary N) is 1. The Bertz CT molecular complexity index is 41.2. The fraction of sp³-hybridized carbons (Fsp3) is 0.800. The van der Waals surface area contributed by atoms with Crippen LogP contribution in [0.4, 0.5) is 0 Å². The summed E-state index contributed by atoms with van der Waals surface area (Å²) in [5, 5.41) is 6.68. The fourth-order valence-electron chi connectivity index (χ4n) is 0.118. The molecule has 1 atom stereocenters. The lowest BCUT2D eigenvalue weighted by Crippen LogP contribution is -1.88. The van der Waals surface area contributed by atoms with E-state index in [4.69, 9.17) is 5.41 Å². The Labute approximate surface area is 38.9 Å². The van der Waals surface area contributed by atoms with Crippen LogP contribution >= 0.6 is 0 Å². The quantitative estimate of drug-likeness (QED) is 0.493. The molecule has 0 aromatic carbocycles. The molecule has 0 aromatic rings. The summed E-state index contributed by atoms with van der Waals surface area (Å²) in [4.78, 5) is 0. The van der Waals surface area contributed by atoms with Crippen molar-refractivity contribution in [2.24, 2.45) is 5.92 Å². The zero-order chi connectivity index (χ0) is 4.99. The van der Waals surface area contributed by atoms with Crippen LogP contribution in [0, 0.1) is 11.3 Å². The fourth-order valence-corrected chi connectivity index (χ4v) is 0.118. The highest BCUT2D eigenvalue weighted by atomic mass is 14.3. The minimum Gasteiger partial charge on any atom is -0.313 e. The summed E-state index contributed by atoms with van der Waals surface area (Å²) in [5.41, 5.74) is 0. The van der Waals surface area contributed by atoms with Gasteiger partial charge in [0.2, 0.25) is 0 Å². The molecular weight excluding hydrogens is 74.1 g/mol. The van der Waals surface area contributed by atoms with Gasteiger partial charge >= 0.3 is 0 Å². The molecule has 0 saturated carbocycles. The lowest BCUT2D eigenvalue weighted by Gasteiger charge is -1.92. The molecule has 0 rings (SSSR count). The van der Waals surface area contributed by atoms with E-state index in [9.17, 15) is 0 Å². The average molecular weight is 85.1 g/mol. The molecule has 0 aliphatic carbocycles. The lowest BCUT2D eigenvalue weighted by atomic mass is 10.1. The molecule has 0 saturated heterocycles. The van der Waals surface area contributed by atoms with Crippen LogP contribution in [-0.4, -0.2) is 6.21 Å². The maximum absolute atomic E-state index is 6.68. The molecule has 0 spiro atoms. The van der Waals surface area contributed by atoms with E-state index in [0.717, 1.165) is 6.42 Å². The van der Waals surface area contributed by atoms with Gasteiger partial charge in [-0.2, -0.15) is 0 Å². The smallest absolute Gasteiger partial charge is 0.00196 e. The third kappa shape index (κ3) is 1.94. The zero-order valence-corrected chi connectivity index (χ0v) is 4.36. The first kappa shape index (κ1) is 5.67. The Morgan fingerprint density at radius 1 is 1.83 bits per heavy atom. The van der Waals surface area contributed by atoms with Crippen molar-refractivity contribution < 1.29 is 0 Å². The summed E-state index contributed by atoms with van der Waals surface area (Å²) < 4.78 is 0. The Balaban J connectivity index is 2.96. The third-order valence-electron chi connectivity index (χ3n) is 0.928. The van der Waals surface area contributed by atoms with Gasteiger partial charge in [-0.3, -0.25) is 0 Å². The van der Waals surface area contributed by atoms with Gasteiger partial charge in [0.1, 0.15) is 0 Å². The second kappa shape index (κ2) is 2.88. The average Bonchev–Trinajstić information content (AvgIpc) is 1.65. The van der Waals surface area contributed by atoms with E-state index in [1.165, 1.54) is 6.21 Å². The molecule has 6 heavy (non-hydrogen) atoms. The van der Waals surface area contributed by atoms with E-state index in [0.29, 0.717) is 5.92 Å². The Morgan fingerprint density at radius 2 is 2.33 bits per heavy atom. The summed E-state index contributed by atoms with van der Waals surface area (Å²) in [5.74, 6) is 0.477. The van der Waals surface area contributed by atoms with Gasteiger partial charge in [-0.1, -0.05) is 13.8 Å². The molecule has 1 N–H and O–H groups in total. The van der Waals surface area contributed by atoms with Crippen molar-refractivity contribution in [2.75, 3.05) is 0 Å². The van der Waals surface area contributed by atoms with Crippen LogP contribution in [0.2, 0.25) is 0 Å². The summed E-state index contributed by atoms with van der Waals surface area (Å²) in [6.45, 7) is 4.11. The molecule has 0 amide bonds. The minimum absolute atomic E-state index is 0.477. The molecular formula is C5H11N. The monoisotopic (exact) mass is 85.1 g/mol. The van der Waals surface area contributed by atoms with Crippen LogP contribution < -0.4 is 0 Å². The molecule has 0 radical (unpaired) electrons. The van der Waals surface area contributed by atoms with Gasteiger partial charge in [0.25, 0.3) is 0 Å². The SMILES string of the molecule is CCC(C)C=N.